The highest BCUT2D eigenvalue weighted by Gasteiger charge is 2.34. The Balaban J connectivity index is 1.61. The number of benzene rings is 3. The Bertz CT molecular complexity index is 1400. The van der Waals surface area contributed by atoms with Crippen molar-refractivity contribution >= 4 is 33.7 Å². The molecule has 0 spiro atoms. The number of anilines is 3. The van der Waals surface area contributed by atoms with Crippen molar-refractivity contribution < 1.29 is 14.1 Å². The van der Waals surface area contributed by atoms with Crippen LogP contribution in [0.3, 0.4) is 0 Å². The van der Waals surface area contributed by atoms with E-state index in [1.807, 2.05) is 42.5 Å². The number of hydrogen-bond acceptors (Lipinski definition) is 6. The molecule has 0 saturated carbocycles. The van der Waals surface area contributed by atoms with Gasteiger partial charge in [-0.2, -0.15) is 0 Å². The van der Waals surface area contributed by atoms with Crippen molar-refractivity contribution in [3.05, 3.63) is 71.3 Å². The zero-order chi connectivity index (χ0) is 22.7. The largest absolute Gasteiger partial charge is 0.372 e. The van der Waals surface area contributed by atoms with E-state index in [9.17, 15) is 4.79 Å². The standard InChI is InChI=1S/C27H25N3O3/c1-15-7-6-8-18(11-15)28-21-12-22(30-13-16(2)32-17(3)14-30)25-24-23(21)26(31)19-9-4-5-10-20(19)27(24)33-29-25/h4-12,16-17,28H,13-14H2,1-3H3/t16-,17-/m1/s1. The SMILES string of the molecule is Cc1cccc(Nc2cc(N3C[C@@H](C)O[C@H](C)C3)c3noc4c3c2C(=O)c2ccccc2-4)c1. The van der Waals surface area contributed by atoms with Gasteiger partial charge in [0.15, 0.2) is 11.5 Å². The van der Waals surface area contributed by atoms with Gasteiger partial charge in [-0.1, -0.05) is 41.6 Å². The van der Waals surface area contributed by atoms with Gasteiger partial charge < -0.3 is 19.5 Å². The van der Waals surface area contributed by atoms with Gasteiger partial charge in [-0.15, -0.1) is 0 Å². The summed E-state index contributed by atoms with van der Waals surface area (Å²) in [5.41, 5.74) is 6.56. The summed E-state index contributed by atoms with van der Waals surface area (Å²) in [6.07, 6.45) is 0.191. The Hall–Kier alpha value is -3.64. The Kier molecular flexibility index (Phi) is 4.52. The van der Waals surface area contributed by atoms with Crippen LogP contribution in [0, 0.1) is 6.92 Å². The molecule has 0 bridgehead atoms. The minimum Gasteiger partial charge on any atom is -0.372 e. The molecule has 1 aromatic heterocycles. The van der Waals surface area contributed by atoms with E-state index >= 15 is 0 Å². The number of ether oxygens (including phenoxy) is 1. The predicted molar refractivity (Wildman–Crippen MR) is 130 cm³/mol. The maximum atomic E-state index is 13.7. The van der Waals surface area contributed by atoms with Gasteiger partial charge in [0.05, 0.1) is 34.5 Å². The van der Waals surface area contributed by atoms with Crippen LogP contribution >= 0.6 is 0 Å². The molecular formula is C27H25N3O3. The second-order valence-electron chi connectivity index (χ2n) is 9.09. The average molecular weight is 440 g/mol. The first-order valence-corrected chi connectivity index (χ1v) is 11.3. The summed E-state index contributed by atoms with van der Waals surface area (Å²) in [6, 6.07) is 17.8. The van der Waals surface area contributed by atoms with Crippen LogP contribution in [0.4, 0.5) is 17.1 Å². The summed E-state index contributed by atoms with van der Waals surface area (Å²) in [6.45, 7) is 7.71. The third-order valence-electron chi connectivity index (χ3n) is 6.44. The monoisotopic (exact) mass is 439 g/mol. The quantitative estimate of drug-likeness (QED) is 0.389. The molecule has 1 N–H and O–H groups in total. The molecule has 1 fully saturated rings. The van der Waals surface area contributed by atoms with Gasteiger partial charge in [-0.25, -0.2) is 0 Å². The highest BCUT2D eigenvalue weighted by atomic mass is 16.5. The third kappa shape index (κ3) is 3.21. The molecule has 2 atom stereocenters. The Morgan fingerprint density at radius 3 is 2.52 bits per heavy atom. The van der Waals surface area contributed by atoms with Gasteiger partial charge in [0.25, 0.3) is 0 Å². The number of aryl methyl sites for hydroxylation is 1. The molecule has 2 heterocycles. The number of fused-ring (bicyclic) bond motifs is 2. The lowest BCUT2D eigenvalue weighted by Gasteiger charge is -2.37. The van der Waals surface area contributed by atoms with Crippen molar-refractivity contribution in [1.29, 1.82) is 0 Å². The molecule has 2 aliphatic rings. The maximum absolute atomic E-state index is 13.7. The van der Waals surface area contributed by atoms with E-state index in [2.05, 4.69) is 48.3 Å². The van der Waals surface area contributed by atoms with Crippen molar-refractivity contribution in [2.75, 3.05) is 23.3 Å². The summed E-state index contributed by atoms with van der Waals surface area (Å²) < 4.78 is 11.9. The van der Waals surface area contributed by atoms with Crippen LogP contribution in [0.2, 0.25) is 0 Å². The Morgan fingerprint density at radius 1 is 1.00 bits per heavy atom. The van der Waals surface area contributed by atoms with Gasteiger partial charge in [-0.05, 0) is 44.5 Å². The number of nitrogens with one attached hydrogen (secondary N) is 1. The first kappa shape index (κ1) is 20.0. The first-order valence-electron chi connectivity index (χ1n) is 11.3. The Morgan fingerprint density at radius 2 is 1.76 bits per heavy atom. The van der Waals surface area contributed by atoms with E-state index in [0.29, 0.717) is 16.9 Å². The predicted octanol–water partition coefficient (Wildman–Crippen LogP) is 5.70. The number of carbonyl (C=O) groups is 1. The Labute approximate surface area is 192 Å². The number of rotatable bonds is 3. The van der Waals surface area contributed by atoms with Crippen LogP contribution in [0.5, 0.6) is 0 Å². The lowest BCUT2D eigenvalue weighted by Crippen LogP contribution is -2.45. The average Bonchev–Trinajstić information content (AvgIpc) is 3.22. The second kappa shape index (κ2) is 7.46. The zero-order valence-corrected chi connectivity index (χ0v) is 18.9. The van der Waals surface area contributed by atoms with Crippen LogP contribution in [0.1, 0.15) is 35.3 Å². The fourth-order valence-corrected chi connectivity index (χ4v) is 5.13. The molecule has 0 amide bonds. The molecule has 33 heavy (non-hydrogen) atoms. The highest BCUT2D eigenvalue weighted by Crippen LogP contribution is 2.46. The van der Waals surface area contributed by atoms with E-state index in [0.717, 1.165) is 52.2 Å². The molecule has 1 aliphatic carbocycles. The van der Waals surface area contributed by atoms with Crippen LogP contribution in [0.15, 0.2) is 59.1 Å². The molecular weight excluding hydrogens is 414 g/mol. The fraction of sp³-hybridized carbons (Fsp3) is 0.259. The van der Waals surface area contributed by atoms with Gasteiger partial charge in [-0.3, -0.25) is 4.79 Å². The lowest BCUT2D eigenvalue weighted by molar-refractivity contribution is -0.00515. The van der Waals surface area contributed by atoms with Crippen LogP contribution in [-0.2, 0) is 4.74 Å². The van der Waals surface area contributed by atoms with Crippen molar-refractivity contribution in [3.63, 3.8) is 0 Å². The summed E-state index contributed by atoms with van der Waals surface area (Å²) in [5.74, 6) is 0.635. The first-order chi connectivity index (χ1) is 16.0. The summed E-state index contributed by atoms with van der Waals surface area (Å²) in [4.78, 5) is 16.0. The normalized spacial score (nSPS) is 19.6. The summed E-state index contributed by atoms with van der Waals surface area (Å²) in [7, 11) is 0. The second-order valence-corrected chi connectivity index (χ2v) is 9.09. The number of carbonyl (C=O) groups excluding carboxylic acids is 1. The summed E-state index contributed by atoms with van der Waals surface area (Å²) >= 11 is 0. The molecule has 0 unspecified atom stereocenters. The van der Waals surface area contributed by atoms with Gasteiger partial charge in [0, 0.05) is 29.9 Å². The molecule has 0 radical (unpaired) electrons. The van der Waals surface area contributed by atoms with Crippen LogP contribution in [0.25, 0.3) is 22.2 Å². The molecule has 4 aromatic rings. The summed E-state index contributed by atoms with van der Waals surface area (Å²) in [5, 5.41) is 8.77. The third-order valence-corrected chi connectivity index (χ3v) is 6.44. The number of morpholine rings is 1. The van der Waals surface area contributed by atoms with E-state index in [1.54, 1.807) is 0 Å². The molecule has 1 aliphatic heterocycles. The van der Waals surface area contributed by atoms with Crippen molar-refractivity contribution in [3.8, 4) is 11.3 Å². The molecule has 1 saturated heterocycles. The zero-order valence-electron chi connectivity index (χ0n) is 18.9. The van der Waals surface area contributed by atoms with E-state index in [-0.39, 0.29) is 18.0 Å². The van der Waals surface area contributed by atoms with E-state index in [1.165, 1.54) is 0 Å². The molecule has 3 aromatic carbocycles. The van der Waals surface area contributed by atoms with Gasteiger partial charge >= 0.3 is 0 Å². The highest BCUT2D eigenvalue weighted by molar-refractivity contribution is 6.28. The molecule has 6 nitrogen and oxygen atoms in total. The van der Waals surface area contributed by atoms with Crippen molar-refractivity contribution in [2.24, 2.45) is 0 Å². The number of aromatic nitrogens is 1. The molecule has 6 heteroatoms. The van der Waals surface area contributed by atoms with Crippen LogP contribution in [-0.4, -0.2) is 36.2 Å². The van der Waals surface area contributed by atoms with E-state index < -0.39 is 0 Å². The van der Waals surface area contributed by atoms with Crippen molar-refractivity contribution in [2.45, 2.75) is 33.0 Å². The molecule has 6 rings (SSSR count). The minimum absolute atomic E-state index is 0.0169. The van der Waals surface area contributed by atoms with Gasteiger partial charge in [0.1, 0.15) is 5.52 Å². The molecule has 166 valence electrons. The number of hydrogen-bond donors (Lipinski definition) is 1. The van der Waals surface area contributed by atoms with E-state index in [4.69, 9.17) is 9.26 Å². The lowest BCUT2D eigenvalue weighted by atomic mass is 9.86. The van der Waals surface area contributed by atoms with Crippen molar-refractivity contribution in [1.82, 2.24) is 5.16 Å². The van der Waals surface area contributed by atoms with Gasteiger partial charge in [0.2, 0.25) is 0 Å². The topological polar surface area (TPSA) is 67.6 Å². The number of nitrogens with zero attached hydrogens (tertiary/aromatic N) is 2. The maximum Gasteiger partial charge on any atom is 0.196 e. The van der Waals surface area contributed by atoms with Crippen LogP contribution < -0.4 is 10.2 Å². The smallest absolute Gasteiger partial charge is 0.196 e. The minimum atomic E-state index is -0.0169. The number of ketones is 1. The fourth-order valence-electron chi connectivity index (χ4n) is 5.13.